The Morgan fingerprint density at radius 2 is 2.25 bits per heavy atom. The highest BCUT2D eigenvalue weighted by Gasteiger charge is 2.23. The highest BCUT2D eigenvalue weighted by Crippen LogP contribution is 2.24. The van der Waals surface area contributed by atoms with E-state index in [4.69, 9.17) is 4.74 Å². The molecular formula is C18H23N3O2S. The van der Waals surface area contributed by atoms with Crippen LogP contribution in [0.4, 0.5) is 0 Å². The third-order valence-corrected chi connectivity index (χ3v) is 5.30. The summed E-state index contributed by atoms with van der Waals surface area (Å²) in [4.78, 5) is 16.6. The van der Waals surface area contributed by atoms with Gasteiger partial charge in [0.25, 0.3) is 0 Å². The number of hydrogen-bond acceptors (Lipinski definition) is 4. The van der Waals surface area contributed by atoms with E-state index in [9.17, 15) is 4.79 Å². The van der Waals surface area contributed by atoms with Crippen molar-refractivity contribution in [3.8, 4) is 11.3 Å². The number of imidazole rings is 1. The van der Waals surface area contributed by atoms with Gasteiger partial charge in [-0.05, 0) is 25.3 Å². The molecule has 0 radical (unpaired) electrons. The van der Waals surface area contributed by atoms with Gasteiger partial charge in [-0.25, -0.2) is 4.98 Å². The second-order valence-corrected chi connectivity index (χ2v) is 6.99. The predicted octanol–water partition coefficient (Wildman–Crippen LogP) is 2.86. The Labute approximate surface area is 146 Å². The van der Waals surface area contributed by atoms with E-state index in [0.717, 1.165) is 35.9 Å². The van der Waals surface area contributed by atoms with Crippen molar-refractivity contribution in [2.75, 3.05) is 12.4 Å². The SMILES string of the molecule is CC(NC(=O)CSc1ncc(-c2ccccc2)n1C)C1CCCO1. The Morgan fingerprint density at radius 3 is 2.96 bits per heavy atom. The second-order valence-electron chi connectivity index (χ2n) is 6.05. The number of nitrogens with one attached hydrogen (secondary N) is 1. The molecule has 2 unspecified atom stereocenters. The number of aromatic nitrogens is 2. The number of nitrogens with zero attached hydrogens (tertiary/aromatic N) is 2. The first-order valence-corrected chi connectivity index (χ1v) is 9.24. The molecule has 1 aliphatic heterocycles. The van der Waals surface area contributed by atoms with E-state index in [1.54, 1.807) is 0 Å². The van der Waals surface area contributed by atoms with Crippen LogP contribution < -0.4 is 5.32 Å². The van der Waals surface area contributed by atoms with Crippen molar-refractivity contribution in [2.45, 2.75) is 37.1 Å². The van der Waals surface area contributed by atoms with Gasteiger partial charge >= 0.3 is 0 Å². The standard InChI is InChI=1S/C18H23N3O2S/c1-13(16-9-6-10-23-16)20-17(22)12-24-18-19-11-15(21(18)2)14-7-4-3-5-8-14/h3-5,7-8,11,13,16H,6,9-10,12H2,1-2H3,(H,20,22). The number of ether oxygens (including phenoxy) is 1. The van der Waals surface area contributed by atoms with Gasteiger partial charge in [-0.1, -0.05) is 42.1 Å². The Balaban J connectivity index is 1.55. The van der Waals surface area contributed by atoms with Gasteiger partial charge in [0.2, 0.25) is 5.91 Å². The Hall–Kier alpha value is -1.79. The van der Waals surface area contributed by atoms with Crippen molar-refractivity contribution in [1.82, 2.24) is 14.9 Å². The Bertz CT molecular complexity index is 681. The van der Waals surface area contributed by atoms with E-state index in [2.05, 4.69) is 22.4 Å². The molecule has 3 rings (SSSR count). The maximum atomic E-state index is 12.1. The third-order valence-electron chi connectivity index (χ3n) is 4.26. The van der Waals surface area contributed by atoms with Gasteiger partial charge in [0.05, 0.1) is 29.8 Å². The van der Waals surface area contributed by atoms with Crippen LogP contribution in [0, 0.1) is 0 Å². The van der Waals surface area contributed by atoms with Crippen LogP contribution in [0.1, 0.15) is 19.8 Å². The summed E-state index contributed by atoms with van der Waals surface area (Å²) >= 11 is 1.45. The molecule has 5 nitrogen and oxygen atoms in total. The van der Waals surface area contributed by atoms with Crippen LogP contribution in [0.5, 0.6) is 0 Å². The second kappa shape index (κ2) is 7.85. The van der Waals surface area contributed by atoms with Crippen molar-refractivity contribution in [3.63, 3.8) is 0 Å². The van der Waals surface area contributed by atoms with Crippen LogP contribution in [0.25, 0.3) is 11.3 Å². The van der Waals surface area contributed by atoms with Crippen molar-refractivity contribution in [3.05, 3.63) is 36.5 Å². The smallest absolute Gasteiger partial charge is 0.230 e. The number of hydrogen-bond donors (Lipinski definition) is 1. The molecule has 6 heteroatoms. The first kappa shape index (κ1) is 17.0. The average Bonchev–Trinajstić information content (AvgIpc) is 3.24. The zero-order valence-corrected chi connectivity index (χ0v) is 14.9. The van der Waals surface area contributed by atoms with Crippen LogP contribution in [0.3, 0.4) is 0 Å². The molecule has 2 atom stereocenters. The fourth-order valence-electron chi connectivity index (χ4n) is 2.92. The van der Waals surface area contributed by atoms with E-state index >= 15 is 0 Å². The quantitative estimate of drug-likeness (QED) is 0.818. The Morgan fingerprint density at radius 1 is 1.46 bits per heavy atom. The van der Waals surface area contributed by atoms with Gasteiger partial charge in [-0.15, -0.1) is 0 Å². The van der Waals surface area contributed by atoms with Gasteiger partial charge in [0.15, 0.2) is 5.16 Å². The van der Waals surface area contributed by atoms with E-state index < -0.39 is 0 Å². The van der Waals surface area contributed by atoms with Gasteiger partial charge in [-0.2, -0.15) is 0 Å². The molecule has 1 aliphatic rings. The largest absolute Gasteiger partial charge is 0.376 e. The molecule has 0 bridgehead atoms. The molecule has 2 heterocycles. The van der Waals surface area contributed by atoms with E-state index in [0.29, 0.717) is 5.75 Å². The lowest BCUT2D eigenvalue weighted by molar-refractivity contribution is -0.120. The highest BCUT2D eigenvalue weighted by atomic mass is 32.2. The molecule has 1 N–H and O–H groups in total. The fraction of sp³-hybridized carbons (Fsp3) is 0.444. The number of carbonyl (C=O) groups excluding carboxylic acids is 1. The molecule has 0 saturated carbocycles. The summed E-state index contributed by atoms with van der Waals surface area (Å²) in [6, 6.07) is 10.2. The molecule has 0 spiro atoms. The fourth-order valence-corrected chi connectivity index (χ4v) is 3.68. The number of benzene rings is 1. The zero-order chi connectivity index (χ0) is 16.9. The maximum Gasteiger partial charge on any atom is 0.230 e. The van der Waals surface area contributed by atoms with Crippen LogP contribution in [-0.2, 0) is 16.6 Å². The molecule has 1 aromatic heterocycles. The first-order valence-electron chi connectivity index (χ1n) is 8.26. The summed E-state index contributed by atoms with van der Waals surface area (Å²) in [7, 11) is 1.98. The number of amides is 1. The summed E-state index contributed by atoms with van der Waals surface area (Å²) in [6.45, 7) is 2.81. The molecule has 1 fully saturated rings. The molecule has 1 amide bonds. The lowest BCUT2D eigenvalue weighted by Gasteiger charge is -2.19. The van der Waals surface area contributed by atoms with Crippen LogP contribution in [0.15, 0.2) is 41.7 Å². The number of thioether (sulfide) groups is 1. The van der Waals surface area contributed by atoms with Crippen LogP contribution >= 0.6 is 11.8 Å². The number of carbonyl (C=O) groups is 1. The minimum absolute atomic E-state index is 0.0206. The van der Waals surface area contributed by atoms with E-state index in [-0.39, 0.29) is 18.1 Å². The summed E-state index contributed by atoms with van der Waals surface area (Å²) < 4.78 is 7.64. The lowest BCUT2D eigenvalue weighted by atomic mass is 10.1. The molecule has 1 saturated heterocycles. The predicted molar refractivity (Wildman–Crippen MR) is 95.9 cm³/mol. The van der Waals surface area contributed by atoms with E-state index in [1.165, 1.54) is 11.8 Å². The molecule has 2 aromatic rings. The summed E-state index contributed by atoms with van der Waals surface area (Å²) in [5.74, 6) is 0.378. The molecule has 24 heavy (non-hydrogen) atoms. The van der Waals surface area contributed by atoms with Crippen molar-refractivity contribution < 1.29 is 9.53 Å². The minimum atomic E-state index is 0.0206. The van der Waals surface area contributed by atoms with Crippen LogP contribution in [0.2, 0.25) is 0 Å². The normalized spacial score (nSPS) is 18.5. The third kappa shape index (κ3) is 3.99. The molecular weight excluding hydrogens is 322 g/mol. The van der Waals surface area contributed by atoms with Crippen molar-refractivity contribution in [2.24, 2.45) is 7.05 Å². The monoisotopic (exact) mass is 345 g/mol. The average molecular weight is 345 g/mol. The van der Waals surface area contributed by atoms with Crippen molar-refractivity contribution >= 4 is 17.7 Å². The molecule has 128 valence electrons. The molecule has 0 aliphatic carbocycles. The summed E-state index contributed by atoms with van der Waals surface area (Å²) in [5, 5.41) is 3.87. The summed E-state index contributed by atoms with van der Waals surface area (Å²) in [5.41, 5.74) is 2.17. The van der Waals surface area contributed by atoms with Gasteiger partial charge < -0.3 is 14.6 Å². The zero-order valence-electron chi connectivity index (χ0n) is 14.1. The highest BCUT2D eigenvalue weighted by molar-refractivity contribution is 7.99. The maximum absolute atomic E-state index is 12.1. The summed E-state index contributed by atoms with van der Waals surface area (Å²) in [6.07, 6.45) is 4.10. The van der Waals surface area contributed by atoms with Crippen molar-refractivity contribution in [1.29, 1.82) is 0 Å². The first-order chi connectivity index (χ1) is 11.6. The lowest BCUT2D eigenvalue weighted by Crippen LogP contribution is -2.41. The van der Waals surface area contributed by atoms with Crippen LogP contribution in [-0.4, -0.2) is 40.0 Å². The number of rotatable bonds is 6. The van der Waals surface area contributed by atoms with E-state index in [1.807, 2.05) is 42.9 Å². The van der Waals surface area contributed by atoms with Gasteiger partial charge in [0, 0.05) is 13.7 Å². The van der Waals surface area contributed by atoms with Gasteiger partial charge in [-0.3, -0.25) is 4.79 Å². The minimum Gasteiger partial charge on any atom is -0.376 e. The Kier molecular flexibility index (Phi) is 5.58. The topological polar surface area (TPSA) is 56.2 Å². The van der Waals surface area contributed by atoms with Gasteiger partial charge in [0.1, 0.15) is 0 Å². The molecule has 1 aromatic carbocycles.